The Morgan fingerprint density at radius 3 is 2.35 bits per heavy atom. The molecule has 2 fully saturated rings. The lowest BCUT2D eigenvalue weighted by molar-refractivity contribution is -0.345. The summed E-state index contributed by atoms with van der Waals surface area (Å²) < 4.78 is 48.7. The number of cyclic esters (lactones) is 1. The summed E-state index contributed by atoms with van der Waals surface area (Å²) in [5.41, 5.74) is -0.933. The summed E-state index contributed by atoms with van der Waals surface area (Å²) in [6, 6.07) is -0.710. The first-order valence-electron chi connectivity index (χ1n) is 19.6. The highest BCUT2D eigenvalue weighted by Gasteiger charge is 2.53. The van der Waals surface area contributed by atoms with Gasteiger partial charge in [-0.15, -0.1) is 0 Å². The van der Waals surface area contributed by atoms with Gasteiger partial charge >= 0.3 is 11.9 Å². The lowest BCUT2D eigenvalue weighted by atomic mass is 9.82. The summed E-state index contributed by atoms with van der Waals surface area (Å²) in [5, 5.41) is 34.4. The molecule has 0 radical (unpaired) electrons. The third kappa shape index (κ3) is 12.8. The number of carbonyl (C=O) groups is 3. The van der Waals surface area contributed by atoms with Gasteiger partial charge in [0.2, 0.25) is 0 Å². The highest BCUT2D eigenvalue weighted by Crippen LogP contribution is 2.38. The number of hydrogen-bond donors (Lipinski definition) is 3. The van der Waals surface area contributed by atoms with Gasteiger partial charge in [0.25, 0.3) is 0 Å². The molecule has 0 saturated carbocycles. The van der Waals surface area contributed by atoms with E-state index in [1.165, 1.54) is 7.11 Å². The van der Waals surface area contributed by atoms with Crippen LogP contribution in [0, 0.1) is 11.8 Å². The number of aliphatic hydroxyl groups is 3. The monoisotopic (exact) mass is 785 g/mol. The molecule has 0 spiro atoms. The van der Waals surface area contributed by atoms with Crippen molar-refractivity contribution in [2.75, 3.05) is 28.3 Å². The van der Waals surface area contributed by atoms with Gasteiger partial charge in [-0.1, -0.05) is 38.2 Å². The van der Waals surface area contributed by atoms with Crippen molar-refractivity contribution < 1.29 is 67.6 Å². The Morgan fingerprint density at radius 1 is 1.02 bits per heavy atom. The number of carbonyl (C=O) groups excluding carboxylic acids is 3. The molecular weight excluding hydrogens is 718 g/mol. The number of esters is 2. The van der Waals surface area contributed by atoms with Crippen LogP contribution in [0.5, 0.6) is 0 Å². The molecule has 16 atom stereocenters. The number of allylic oxidation sites excluding steroid dienone is 2. The number of aliphatic hydroxyl groups excluding tert-OH is 3. The van der Waals surface area contributed by atoms with Crippen LogP contribution < -0.4 is 0 Å². The Bertz CT molecular complexity index is 1260. The Morgan fingerprint density at radius 2 is 1.73 bits per heavy atom. The minimum Gasteiger partial charge on any atom is -0.462 e. The number of hydrogen-bond acceptors (Lipinski definition) is 15. The molecule has 2 saturated heterocycles. The molecule has 316 valence electrons. The van der Waals surface area contributed by atoms with Gasteiger partial charge < -0.3 is 62.9 Å². The normalized spacial score (nSPS) is 42.3. The van der Waals surface area contributed by atoms with Crippen LogP contribution in [0.15, 0.2) is 24.3 Å². The van der Waals surface area contributed by atoms with Crippen LogP contribution in [0.2, 0.25) is 0 Å². The zero-order valence-corrected chi connectivity index (χ0v) is 34.3. The van der Waals surface area contributed by atoms with Crippen LogP contribution in [-0.2, 0) is 52.3 Å². The highest BCUT2D eigenvalue weighted by molar-refractivity contribution is 5.70. The standard InChI is InChI=1S/C40H67NO14/c1-11-15-30(45)53-38-26(5)51-32(22-40(38,6)49-10)54-35-25(4)52-39(34(47)33(35)41(7)8)55-36-27(18-19-42)20-23(2)28(43)17-14-12-13-16-24(3)50-31(46)21-29(44)37(36)48-9/h12-14,17,19,23-29,32-39,43-44,47H,11,15-16,18,20-22H2,1-10H3/b13-12+,17-14+/t23-,24-,25-,26+,27+,28+,29-,32+,33-,34-,35-,36+,37+,38+,39+,40-/m1/s1. The molecule has 0 bridgehead atoms. The fourth-order valence-corrected chi connectivity index (χ4v) is 7.84. The number of rotatable bonds is 12. The van der Waals surface area contributed by atoms with Crippen molar-refractivity contribution in [2.24, 2.45) is 11.8 Å². The van der Waals surface area contributed by atoms with E-state index in [9.17, 15) is 29.7 Å². The van der Waals surface area contributed by atoms with E-state index in [-0.39, 0.29) is 37.6 Å². The predicted octanol–water partition coefficient (Wildman–Crippen LogP) is 2.85. The molecule has 3 N–H and O–H groups in total. The van der Waals surface area contributed by atoms with Crippen molar-refractivity contribution in [2.45, 2.75) is 172 Å². The summed E-state index contributed by atoms with van der Waals surface area (Å²) >= 11 is 0. The van der Waals surface area contributed by atoms with Gasteiger partial charge in [-0.05, 0) is 66.5 Å². The third-order valence-electron chi connectivity index (χ3n) is 10.9. The summed E-state index contributed by atoms with van der Waals surface area (Å²) in [6.45, 7) is 10.9. The second-order valence-corrected chi connectivity index (χ2v) is 15.7. The van der Waals surface area contributed by atoms with Crippen LogP contribution in [0.1, 0.15) is 86.5 Å². The van der Waals surface area contributed by atoms with Crippen LogP contribution in [-0.4, -0.2) is 152 Å². The lowest BCUT2D eigenvalue weighted by Crippen LogP contribution is -2.66. The first kappa shape index (κ1) is 47.1. The molecule has 3 rings (SSSR count). The van der Waals surface area contributed by atoms with Crippen LogP contribution in [0.3, 0.4) is 0 Å². The quantitative estimate of drug-likeness (QED) is 0.193. The third-order valence-corrected chi connectivity index (χ3v) is 10.9. The number of aldehydes is 1. The minimum atomic E-state index is -1.42. The molecule has 0 aliphatic carbocycles. The second-order valence-electron chi connectivity index (χ2n) is 15.7. The zero-order valence-electron chi connectivity index (χ0n) is 34.3. The van der Waals surface area contributed by atoms with Crippen molar-refractivity contribution in [3.8, 4) is 0 Å². The molecule has 0 aromatic carbocycles. The van der Waals surface area contributed by atoms with Gasteiger partial charge in [-0.25, -0.2) is 0 Å². The fourth-order valence-electron chi connectivity index (χ4n) is 7.84. The number of nitrogens with zero attached hydrogens (tertiary/aromatic N) is 1. The molecule has 0 aromatic heterocycles. The van der Waals surface area contributed by atoms with Crippen molar-refractivity contribution in [1.82, 2.24) is 4.90 Å². The van der Waals surface area contributed by atoms with Gasteiger partial charge in [0.15, 0.2) is 18.7 Å². The van der Waals surface area contributed by atoms with E-state index in [0.29, 0.717) is 12.8 Å². The molecule has 0 aromatic rings. The van der Waals surface area contributed by atoms with Crippen LogP contribution in [0.25, 0.3) is 0 Å². The van der Waals surface area contributed by atoms with E-state index in [1.807, 2.05) is 26.8 Å². The largest absolute Gasteiger partial charge is 0.462 e. The van der Waals surface area contributed by atoms with Crippen LogP contribution >= 0.6 is 0 Å². The molecule has 3 aliphatic heterocycles. The SMILES string of the molecule is CCCC(=O)O[C@H]1[C@H](C)O[C@@H](O[C@H]2[C@H](N(C)C)[C@@H](O)[C@H](O[C@H]3[C@@H](CC=O)C[C@@H](C)[C@@H](O)/C=C/C=C/C[C@@H](C)OC(=O)C[C@@H](O)[C@@H]3OC)O[C@@H]2C)C[C@@]1(C)OC. The molecule has 55 heavy (non-hydrogen) atoms. The van der Waals surface area contributed by atoms with E-state index >= 15 is 0 Å². The molecule has 0 amide bonds. The average molecular weight is 786 g/mol. The van der Waals surface area contributed by atoms with E-state index in [0.717, 1.165) is 6.29 Å². The number of methoxy groups -OCH3 is 2. The summed E-state index contributed by atoms with van der Waals surface area (Å²) in [4.78, 5) is 39.3. The van der Waals surface area contributed by atoms with E-state index in [2.05, 4.69) is 0 Å². The molecular formula is C40H67NO14. The predicted molar refractivity (Wildman–Crippen MR) is 201 cm³/mol. The maximum absolute atomic E-state index is 12.9. The van der Waals surface area contributed by atoms with Gasteiger partial charge in [-0.3, -0.25) is 9.59 Å². The van der Waals surface area contributed by atoms with Crippen molar-refractivity contribution >= 4 is 18.2 Å². The smallest absolute Gasteiger partial charge is 0.308 e. The van der Waals surface area contributed by atoms with Crippen LogP contribution in [0.4, 0.5) is 0 Å². The first-order chi connectivity index (χ1) is 26.0. The molecule has 15 nitrogen and oxygen atoms in total. The Balaban J connectivity index is 1.92. The molecule has 3 heterocycles. The molecule has 0 unspecified atom stereocenters. The van der Waals surface area contributed by atoms with Crippen molar-refractivity contribution in [3.05, 3.63) is 24.3 Å². The van der Waals surface area contributed by atoms with E-state index in [1.54, 1.807) is 65.1 Å². The van der Waals surface area contributed by atoms with Gasteiger partial charge in [0.05, 0.1) is 43.0 Å². The Labute approximate surface area is 326 Å². The summed E-state index contributed by atoms with van der Waals surface area (Å²) in [5.74, 6) is -1.99. The van der Waals surface area contributed by atoms with Crippen molar-refractivity contribution in [3.63, 3.8) is 0 Å². The van der Waals surface area contributed by atoms with E-state index in [4.69, 9.17) is 37.9 Å². The van der Waals surface area contributed by atoms with Gasteiger partial charge in [-0.2, -0.15) is 0 Å². The number of likely N-dealkylation sites (N-methyl/N-ethyl adjacent to an activating group) is 1. The Hall–Kier alpha value is -2.31. The molecule has 3 aliphatic rings. The zero-order chi connectivity index (χ0) is 41.0. The fraction of sp³-hybridized carbons (Fsp3) is 0.825. The summed E-state index contributed by atoms with van der Waals surface area (Å²) in [7, 11) is 6.48. The maximum atomic E-state index is 12.9. The minimum absolute atomic E-state index is 0.0369. The average Bonchev–Trinajstić information content (AvgIpc) is 3.10. The van der Waals surface area contributed by atoms with E-state index < -0.39 is 104 Å². The van der Waals surface area contributed by atoms with Gasteiger partial charge in [0, 0.05) is 39.9 Å². The molecule has 15 heteroatoms. The summed E-state index contributed by atoms with van der Waals surface area (Å²) in [6.07, 6.45) is -2.12. The Kier molecular flexibility index (Phi) is 18.8. The maximum Gasteiger partial charge on any atom is 0.308 e. The highest BCUT2D eigenvalue weighted by atomic mass is 16.7. The number of ether oxygens (including phenoxy) is 8. The first-order valence-corrected chi connectivity index (χ1v) is 19.6. The van der Waals surface area contributed by atoms with Crippen molar-refractivity contribution in [1.29, 1.82) is 0 Å². The topological polar surface area (TPSA) is 189 Å². The van der Waals surface area contributed by atoms with Gasteiger partial charge in [0.1, 0.15) is 36.3 Å². The second kappa shape index (κ2) is 22.0. The lowest BCUT2D eigenvalue weighted by Gasteiger charge is -2.51.